The molecule has 1 fully saturated rings. The summed E-state index contributed by atoms with van der Waals surface area (Å²) in [6.45, 7) is 2.84. The first kappa shape index (κ1) is 15.7. The second-order valence-corrected chi connectivity index (χ2v) is 6.25. The van der Waals surface area contributed by atoms with E-state index in [1.165, 1.54) is 12.8 Å². The summed E-state index contributed by atoms with van der Waals surface area (Å²) in [4.78, 5) is 8.91. The molecule has 0 bridgehead atoms. The van der Waals surface area contributed by atoms with Gasteiger partial charge in [0, 0.05) is 24.3 Å². The summed E-state index contributed by atoms with van der Waals surface area (Å²) in [6, 6.07) is 11.9. The van der Waals surface area contributed by atoms with Crippen LogP contribution in [0.1, 0.15) is 31.4 Å². The van der Waals surface area contributed by atoms with Gasteiger partial charge in [0.15, 0.2) is 0 Å². The molecule has 5 nitrogen and oxygen atoms in total. The van der Waals surface area contributed by atoms with Gasteiger partial charge in [0.2, 0.25) is 11.8 Å². The standard InChI is InChI=1S/C18H24N4O/c1-13-11-17(23-16-5-3-2-4-6-16)22-18(21-13)20-12-14-7-9-15(19)10-8-14/h2-6,11,14-15H,7-10,12,19H2,1H3,(H,20,21,22). The van der Waals surface area contributed by atoms with Crippen molar-refractivity contribution in [3.63, 3.8) is 0 Å². The topological polar surface area (TPSA) is 73.1 Å². The number of hydrogen-bond acceptors (Lipinski definition) is 5. The number of nitrogens with zero attached hydrogens (tertiary/aromatic N) is 2. The van der Waals surface area contributed by atoms with Crippen LogP contribution >= 0.6 is 0 Å². The number of hydrogen-bond donors (Lipinski definition) is 2. The van der Waals surface area contributed by atoms with Crippen LogP contribution in [0.3, 0.4) is 0 Å². The van der Waals surface area contributed by atoms with Crippen molar-refractivity contribution >= 4 is 5.95 Å². The van der Waals surface area contributed by atoms with Gasteiger partial charge in [0.25, 0.3) is 0 Å². The fraction of sp³-hybridized carbons (Fsp3) is 0.444. The fourth-order valence-corrected chi connectivity index (χ4v) is 2.91. The lowest BCUT2D eigenvalue weighted by Crippen LogP contribution is -2.29. The number of anilines is 1. The van der Waals surface area contributed by atoms with Crippen molar-refractivity contribution in [2.24, 2.45) is 11.7 Å². The van der Waals surface area contributed by atoms with Crippen LogP contribution < -0.4 is 15.8 Å². The maximum Gasteiger partial charge on any atom is 0.226 e. The molecule has 1 heterocycles. The predicted molar refractivity (Wildman–Crippen MR) is 91.7 cm³/mol. The summed E-state index contributed by atoms with van der Waals surface area (Å²) in [7, 11) is 0. The number of benzene rings is 1. The van der Waals surface area contributed by atoms with Gasteiger partial charge >= 0.3 is 0 Å². The predicted octanol–water partition coefficient (Wildman–Crippen LogP) is 3.51. The van der Waals surface area contributed by atoms with Crippen LogP contribution in [0.5, 0.6) is 11.6 Å². The molecular formula is C18H24N4O. The van der Waals surface area contributed by atoms with Gasteiger partial charge in [-0.2, -0.15) is 4.98 Å². The summed E-state index contributed by atoms with van der Waals surface area (Å²) in [5.74, 6) is 2.62. The van der Waals surface area contributed by atoms with Gasteiger partial charge in [-0.05, 0) is 50.7 Å². The highest BCUT2D eigenvalue weighted by molar-refractivity contribution is 5.33. The molecule has 1 aliphatic rings. The van der Waals surface area contributed by atoms with Gasteiger partial charge in [-0.3, -0.25) is 0 Å². The lowest BCUT2D eigenvalue weighted by molar-refractivity contribution is 0.338. The Hall–Kier alpha value is -2.14. The SMILES string of the molecule is Cc1cc(Oc2ccccc2)nc(NCC2CCC(N)CC2)n1. The third-order valence-corrected chi connectivity index (χ3v) is 4.24. The first-order valence-corrected chi connectivity index (χ1v) is 8.27. The van der Waals surface area contributed by atoms with E-state index in [1.807, 2.05) is 43.3 Å². The van der Waals surface area contributed by atoms with Crippen molar-refractivity contribution in [3.8, 4) is 11.6 Å². The van der Waals surface area contributed by atoms with Crippen LogP contribution in [0.25, 0.3) is 0 Å². The van der Waals surface area contributed by atoms with Crippen LogP contribution in [-0.2, 0) is 0 Å². The van der Waals surface area contributed by atoms with Crippen LogP contribution in [-0.4, -0.2) is 22.6 Å². The quantitative estimate of drug-likeness (QED) is 0.884. The van der Waals surface area contributed by atoms with E-state index in [-0.39, 0.29) is 0 Å². The summed E-state index contributed by atoms with van der Waals surface area (Å²) in [5.41, 5.74) is 6.84. The Bertz CT molecular complexity index is 624. The molecule has 0 aliphatic heterocycles. The number of nitrogens with one attached hydrogen (secondary N) is 1. The second-order valence-electron chi connectivity index (χ2n) is 6.25. The molecule has 1 aromatic carbocycles. The van der Waals surface area contributed by atoms with Crippen molar-refractivity contribution in [3.05, 3.63) is 42.1 Å². The van der Waals surface area contributed by atoms with E-state index in [9.17, 15) is 0 Å². The number of aromatic nitrogens is 2. The van der Waals surface area contributed by atoms with Crippen molar-refractivity contribution in [1.29, 1.82) is 0 Å². The van der Waals surface area contributed by atoms with Crippen LogP contribution in [0, 0.1) is 12.8 Å². The normalized spacial score (nSPS) is 21.0. The fourth-order valence-electron chi connectivity index (χ4n) is 2.91. The summed E-state index contributed by atoms with van der Waals surface area (Å²) in [5, 5.41) is 3.35. The Morgan fingerprint density at radius 3 is 2.61 bits per heavy atom. The molecule has 23 heavy (non-hydrogen) atoms. The van der Waals surface area contributed by atoms with Gasteiger partial charge in [-0.25, -0.2) is 4.98 Å². The molecule has 3 N–H and O–H groups in total. The Kier molecular flexibility index (Phi) is 5.08. The zero-order valence-corrected chi connectivity index (χ0v) is 13.5. The molecule has 2 aromatic rings. The van der Waals surface area contributed by atoms with Gasteiger partial charge in [-0.15, -0.1) is 0 Å². The molecular weight excluding hydrogens is 288 g/mol. The smallest absolute Gasteiger partial charge is 0.226 e. The molecule has 0 amide bonds. The van der Waals surface area contributed by atoms with E-state index >= 15 is 0 Å². The Morgan fingerprint density at radius 2 is 1.87 bits per heavy atom. The molecule has 0 atom stereocenters. The number of nitrogens with two attached hydrogens (primary N) is 1. The second kappa shape index (κ2) is 7.42. The molecule has 122 valence electrons. The molecule has 1 aliphatic carbocycles. The highest BCUT2D eigenvalue weighted by Gasteiger charge is 2.18. The third kappa shape index (κ3) is 4.66. The Morgan fingerprint density at radius 1 is 1.13 bits per heavy atom. The zero-order valence-electron chi connectivity index (χ0n) is 13.5. The van der Waals surface area contributed by atoms with Gasteiger partial charge in [-0.1, -0.05) is 18.2 Å². The van der Waals surface area contributed by atoms with Crippen LogP contribution in [0.4, 0.5) is 5.95 Å². The van der Waals surface area contributed by atoms with Gasteiger partial charge < -0.3 is 15.8 Å². The van der Waals surface area contributed by atoms with E-state index in [1.54, 1.807) is 0 Å². The van der Waals surface area contributed by atoms with Crippen molar-refractivity contribution in [1.82, 2.24) is 9.97 Å². The molecule has 0 saturated heterocycles. The number of ether oxygens (including phenoxy) is 1. The summed E-state index contributed by atoms with van der Waals surface area (Å²) < 4.78 is 5.80. The van der Waals surface area contributed by atoms with Gasteiger partial charge in [0.1, 0.15) is 5.75 Å². The van der Waals surface area contributed by atoms with E-state index in [2.05, 4.69) is 15.3 Å². The average molecular weight is 312 g/mol. The first-order chi connectivity index (χ1) is 11.2. The van der Waals surface area contributed by atoms with E-state index in [0.29, 0.717) is 23.8 Å². The number of rotatable bonds is 5. The average Bonchev–Trinajstić information content (AvgIpc) is 2.55. The largest absolute Gasteiger partial charge is 0.439 e. The van der Waals surface area contributed by atoms with Crippen molar-refractivity contribution in [2.45, 2.75) is 38.6 Å². The molecule has 3 rings (SSSR count). The molecule has 1 saturated carbocycles. The number of aryl methyl sites for hydroxylation is 1. The van der Waals surface area contributed by atoms with Crippen molar-refractivity contribution in [2.75, 3.05) is 11.9 Å². The maximum absolute atomic E-state index is 5.96. The molecule has 1 aromatic heterocycles. The molecule has 0 radical (unpaired) electrons. The Balaban J connectivity index is 1.61. The maximum atomic E-state index is 5.96. The van der Waals surface area contributed by atoms with Crippen molar-refractivity contribution < 1.29 is 4.74 Å². The number of para-hydroxylation sites is 1. The third-order valence-electron chi connectivity index (χ3n) is 4.24. The van der Waals surface area contributed by atoms with E-state index in [0.717, 1.165) is 30.8 Å². The van der Waals surface area contributed by atoms with E-state index < -0.39 is 0 Å². The monoisotopic (exact) mass is 312 g/mol. The molecule has 0 spiro atoms. The Labute approximate surface area is 137 Å². The minimum Gasteiger partial charge on any atom is -0.439 e. The zero-order chi connectivity index (χ0) is 16.1. The summed E-state index contributed by atoms with van der Waals surface area (Å²) >= 11 is 0. The van der Waals surface area contributed by atoms with E-state index in [4.69, 9.17) is 10.5 Å². The molecule has 5 heteroatoms. The van der Waals surface area contributed by atoms with Gasteiger partial charge in [0.05, 0.1) is 0 Å². The lowest BCUT2D eigenvalue weighted by Gasteiger charge is -2.26. The first-order valence-electron chi connectivity index (χ1n) is 8.27. The lowest BCUT2D eigenvalue weighted by atomic mass is 9.86. The molecule has 0 unspecified atom stereocenters. The highest BCUT2D eigenvalue weighted by Crippen LogP contribution is 2.24. The van der Waals surface area contributed by atoms with Crippen LogP contribution in [0.15, 0.2) is 36.4 Å². The highest BCUT2D eigenvalue weighted by atomic mass is 16.5. The van der Waals surface area contributed by atoms with Crippen LogP contribution in [0.2, 0.25) is 0 Å². The minimum absolute atomic E-state index is 0.382. The summed E-state index contributed by atoms with van der Waals surface area (Å²) in [6.07, 6.45) is 4.58. The minimum atomic E-state index is 0.382.